The number of hydrogen-bond donors (Lipinski definition) is 1. The normalized spacial score (nSPS) is 14.2. The Morgan fingerprint density at radius 1 is 1.56 bits per heavy atom. The molecule has 0 bridgehead atoms. The highest BCUT2D eigenvalue weighted by Crippen LogP contribution is 2.28. The summed E-state index contributed by atoms with van der Waals surface area (Å²) >= 11 is 3.40. The SMILES string of the molecule is CCC(NC)(C(=O)OC)c1cccc(Br)c1. The van der Waals surface area contributed by atoms with Crippen LogP contribution in [0.4, 0.5) is 0 Å². The first kappa shape index (κ1) is 13.2. The first-order valence-electron chi connectivity index (χ1n) is 5.14. The molecule has 0 saturated heterocycles. The summed E-state index contributed by atoms with van der Waals surface area (Å²) in [4.78, 5) is 11.9. The zero-order valence-electron chi connectivity index (χ0n) is 9.71. The number of halogens is 1. The Bertz CT molecular complexity index is 375. The Morgan fingerprint density at radius 2 is 2.25 bits per heavy atom. The summed E-state index contributed by atoms with van der Waals surface area (Å²) < 4.78 is 5.82. The van der Waals surface area contributed by atoms with Gasteiger partial charge in [0, 0.05) is 4.47 Å². The lowest BCUT2D eigenvalue weighted by Gasteiger charge is -2.30. The summed E-state index contributed by atoms with van der Waals surface area (Å²) in [5.41, 5.74) is 0.136. The molecule has 0 spiro atoms. The minimum absolute atomic E-state index is 0.268. The molecule has 1 atom stereocenters. The largest absolute Gasteiger partial charge is 0.467 e. The van der Waals surface area contributed by atoms with Crippen molar-refractivity contribution >= 4 is 21.9 Å². The van der Waals surface area contributed by atoms with E-state index in [-0.39, 0.29) is 5.97 Å². The molecule has 1 aromatic rings. The maximum atomic E-state index is 11.9. The highest BCUT2D eigenvalue weighted by Gasteiger charge is 2.38. The molecule has 0 aliphatic rings. The first-order chi connectivity index (χ1) is 7.60. The second-order valence-electron chi connectivity index (χ2n) is 3.51. The number of esters is 1. The van der Waals surface area contributed by atoms with Crippen molar-refractivity contribution < 1.29 is 9.53 Å². The maximum absolute atomic E-state index is 11.9. The molecule has 0 radical (unpaired) electrons. The molecule has 3 nitrogen and oxygen atoms in total. The van der Waals surface area contributed by atoms with Crippen LogP contribution in [0.3, 0.4) is 0 Å². The van der Waals surface area contributed by atoms with Crippen LogP contribution < -0.4 is 5.32 Å². The van der Waals surface area contributed by atoms with E-state index in [0.717, 1.165) is 10.0 Å². The number of ether oxygens (including phenoxy) is 1. The lowest BCUT2D eigenvalue weighted by molar-refractivity contribution is -0.149. The molecule has 0 aromatic heterocycles. The lowest BCUT2D eigenvalue weighted by Crippen LogP contribution is -2.47. The van der Waals surface area contributed by atoms with E-state index in [1.807, 2.05) is 31.2 Å². The summed E-state index contributed by atoms with van der Waals surface area (Å²) in [6.45, 7) is 1.95. The van der Waals surface area contributed by atoms with E-state index in [1.165, 1.54) is 7.11 Å². The number of rotatable bonds is 4. The fourth-order valence-electron chi connectivity index (χ4n) is 1.82. The zero-order valence-corrected chi connectivity index (χ0v) is 11.3. The van der Waals surface area contributed by atoms with Gasteiger partial charge >= 0.3 is 5.97 Å². The van der Waals surface area contributed by atoms with Crippen molar-refractivity contribution in [2.24, 2.45) is 0 Å². The van der Waals surface area contributed by atoms with Gasteiger partial charge in [-0.15, -0.1) is 0 Å². The minimum atomic E-state index is -0.765. The standard InChI is InChI=1S/C12H16BrNO2/c1-4-12(14-2,11(15)16-3)9-6-5-7-10(13)8-9/h5-8,14H,4H2,1-3H3. The summed E-state index contributed by atoms with van der Waals surface area (Å²) in [5.74, 6) is -0.268. The van der Waals surface area contributed by atoms with Crippen LogP contribution in [0.2, 0.25) is 0 Å². The fraction of sp³-hybridized carbons (Fsp3) is 0.417. The van der Waals surface area contributed by atoms with Gasteiger partial charge in [-0.1, -0.05) is 35.0 Å². The van der Waals surface area contributed by atoms with Gasteiger partial charge in [0.1, 0.15) is 5.54 Å². The van der Waals surface area contributed by atoms with Gasteiger partial charge in [-0.2, -0.15) is 0 Å². The van der Waals surface area contributed by atoms with E-state index in [0.29, 0.717) is 6.42 Å². The molecule has 4 heteroatoms. The van der Waals surface area contributed by atoms with Crippen LogP contribution in [0.15, 0.2) is 28.7 Å². The van der Waals surface area contributed by atoms with Crippen molar-refractivity contribution in [3.8, 4) is 0 Å². The molecular weight excluding hydrogens is 270 g/mol. The van der Waals surface area contributed by atoms with Crippen LogP contribution >= 0.6 is 15.9 Å². The molecule has 0 amide bonds. The number of hydrogen-bond acceptors (Lipinski definition) is 3. The second-order valence-corrected chi connectivity index (χ2v) is 4.43. The molecule has 0 aliphatic carbocycles. The third-order valence-electron chi connectivity index (χ3n) is 2.81. The van der Waals surface area contributed by atoms with Crippen LogP contribution in [0.25, 0.3) is 0 Å². The Morgan fingerprint density at radius 3 is 2.69 bits per heavy atom. The molecule has 1 aromatic carbocycles. The van der Waals surface area contributed by atoms with Gasteiger partial charge in [0.15, 0.2) is 0 Å². The number of methoxy groups -OCH3 is 1. The lowest BCUT2D eigenvalue weighted by atomic mass is 9.87. The highest BCUT2D eigenvalue weighted by molar-refractivity contribution is 9.10. The molecule has 88 valence electrons. The fourth-order valence-corrected chi connectivity index (χ4v) is 2.22. The van der Waals surface area contributed by atoms with Crippen LogP contribution in [0.1, 0.15) is 18.9 Å². The number of carbonyl (C=O) groups excluding carboxylic acids is 1. The molecule has 0 aliphatic heterocycles. The molecule has 0 fully saturated rings. The Balaban J connectivity index is 3.25. The predicted molar refractivity (Wildman–Crippen MR) is 67.2 cm³/mol. The topological polar surface area (TPSA) is 38.3 Å². The molecule has 16 heavy (non-hydrogen) atoms. The van der Waals surface area contributed by atoms with Crippen LogP contribution in [-0.4, -0.2) is 20.1 Å². The summed E-state index contributed by atoms with van der Waals surface area (Å²) in [6.07, 6.45) is 0.632. The van der Waals surface area contributed by atoms with Crippen LogP contribution in [0.5, 0.6) is 0 Å². The van der Waals surface area contributed by atoms with Crippen LogP contribution in [0, 0.1) is 0 Å². The van der Waals surface area contributed by atoms with E-state index < -0.39 is 5.54 Å². The van der Waals surface area contributed by atoms with Gasteiger partial charge in [0.25, 0.3) is 0 Å². The maximum Gasteiger partial charge on any atom is 0.330 e. The number of benzene rings is 1. The van der Waals surface area contributed by atoms with Crippen molar-refractivity contribution in [3.63, 3.8) is 0 Å². The van der Waals surface area contributed by atoms with E-state index in [9.17, 15) is 4.79 Å². The van der Waals surface area contributed by atoms with Gasteiger partial charge in [-0.25, -0.2) is 4.79 Å². The third-order valence-corrected chi connectivity index (χ3v) is 3.30. The van der Waals surface area contributed by atoms with Gasteiger partial charge in [0.2, 0.25) is 0 Å². The second kappa shape index (κ2) is 5.46. The van der Waals surface area contributed by atoms with E-state index >= 15 is 0 Å². The molecular formula is C12H16BrNO2. The van der Waals surface area contributed by atoms with Crippen molar-refractivity contribution in [3.05, 3.63) is 34.3 Å². The zero-order chi connectivity index (χ0) is 12.2. The molecule has 0 saturated carbocycles. The van der Waals surface area contributed by atoms with E-state index in [2.05, 4.69) is 21.2 Å². The average Bonchev–Trinajstić information content (AvgIpc) is 2.31. The van der Waals surface area contributed by atoms with Crippen molar-refractivity contribution in [2.75, 3.05) is 14.2 Å². The first-order valence-corrected chi connectivity index (χ1v) is 5.93. The summed E-state index contributed by atoms with van der Waals surface area (Å²) in [7, 11) is 3.17. The average molecular weight is 286 g/mol. The summed E-state index contributed by atoms with van der Waals surface area (Å²) in [6, 6.07) is 7.68. The molecule has 1 rings (SSSR count). The molecule has 0 heterocycles. The van der Waals surface area contributed by atoms with Gasteiger partial charge in [-0.05, 0) is 31.2 Å². The smallest absolute Gasteiger partial charge is 0.330 e. The van der Waals surface area contributed by atoms with Crippen molar-refractivity contribution in [1.29, 1.82) is 0 Å². The van der Waals surface area contributed by atoms with Gasteiger partial charge < -0.3 is 10.1 Å². The summed E-state index contributed by atoms with van der Waals surface area (Å²) in [5, 5.41) is 3.06. The van der Waals surface area contributed by atoms with Crippen LogP contribution in [-0.2, 0) is 15.1 Å². The van der Waals surface area contributed by atoms with E-state index in [4.69, 9.17) is 4.74 Å². The Labute approximate surface area is 104 Å². The van der Waals surface area contributed by atoms with Crippen molar-refractivity contribution in [1.82, 2.24) is 5.32 Å². The highest BCUT2D eigenvalue weighted by atomic mass is 79.9. The van der Waals surface area contributed by atoms with E-state index in [1.54, 1.807) is 7.05 Å². The van der Waals surface area contributed by atoms with Gasteiger partial charge in [-0.3, -0.25) is 0 Å². The third kappa shape index (κ3) is 2.28. The van der Waals surface area contributed by atoms with Crippen molar-refractivity contribution in [2.45, 2.75) is 18.9 Å². The monoisotopic (exact) mass is 285 g/mol. The molecule has 1 N–H and O–H groups in total. The Kier molecular flexibility index (Phi) is 4.50. The Hall–Kier alpha value is -0.870. The molecule has 1 unspecified atom stereocenters. The van der Waals surface area contributed by atoms with Gasteiger partial charge in [0.05, 0.1) is 7.11 Å². The minimum Gasteiger partial charge on any atom is -0.467 e. The quantitative estimate of drug-likeness (QED) is 0.864. The predicted octanol–water partition coefficient (Wildman–Crippen LogP) is 2.45. The number of nitrogens with one attached hydrogen (secondary N) is 1. The number of carbonyl (C=O) groups is 1. The number of likely N-dealkylation sites (N-methyl/N-ethyl adjacent to an activating group) is 1.